The molecule has 1 aromatic carbocycles. The van der Waals surface area contributed by atoms with Crippen molar-refractivity contribution in [2.45, 2.75) is 31.4 Å². The molecule has 0 spiro atoms. The lowest BCUT2D eigenvalue weighted by Gasteiger charge is -2.09. The second-order valence-electron chi connectivity index (χ2n) is 4.84. The van der Waals surface area contributed by atoms with Gasteiger partial charge in [-0.15, -0.1) is 10.2 Å². The zero-order chi connectivity index (χ0) is 13.2. The van der Waals surface area contributed by atoms with Crippen LogP contribution < -0.4 is 5.73 Å². The van der Waals surface area contributed by atoms with Crippen LogP contribution in [0.5, 0.6) is 0 Å². The fraction of sp³-hybridized carbons (Fsp3) is 0.429. The first kappa shape index (κ1) is 12.3. The Bertz CT molecular complexity index is 541. The molecule has 3 atom stereocenters. The Morgan fingerprint density at radius 3 is 2.74 bits per heavy atom. The Kier molecular flexibility index (Phi) is 3.31. The number of hydrogen-bond donors (Lipinski definition) is 1. The van der Waals surface area contributed by atoms with Crippen molar-refractivity contribution in [3.8, 4) is 0 Å². The molecule has 0 aliphatic carbocycles. The van der Waals surface area contributed by atoms with Crippen LogP contribution in [0.4, 0.5) is 0 Å². The molecule has 1 aromatic heterocycles. The Morgan fingerprint density at radius 1 is 1.26 bits per heavy atom. The summed E-state index contributed by atoms with van der Waals surface area (Å²) >= 11 is 0. The molecule has 1 saturated heterocycles. The molecule has 5 heteroatoms. The highest BCUT2D eigenvalue weighted by Crippen LogP contribution is 2.31. The number of benzene rings is 1. The summed E-state index contributed by atoms with van der Waals surface area (Å²) in [6.07, 6.45) is 1.05. The summed E-state index contributed by atoms with van der Waals surface area (Å²) in [5, 5.41) is 8.19. The Hall–Kier alpha value is -1.72. The third-order valence-electron chi connectivity index (χ3n) is 3.57. The molecule has 2 N–H and O–H groups in total. The number of rotatable bonds is 3. The quantitative estimate of drug-likeness (QED) is 0.912. The van der Waals surface area contributed by atoms with Gasteiger partial charge in [0.15, 0.2) is 0 Å². The van der Waals surface area contributed by atoms with E-state index in [1.807, 2.05) is 37.3 Å². The maximum Gasteiger partial charge on any atom is 0.237 e. The van der Waals surface area contributed by atoms with Gasteiger partial charge in [0.2, 0.25) is 11.8 Å². The van der Waals surface area contributed by atoms with E-state index in [2.05, 4.69) is 10.2 Å². The topological polar surface area (TPSA) is 74.2 Å². The standard InChI is InChI=1S/C14H17N3O2/c1-9-11(7-8-18-9)13-16-17-14(19-13)12(15)10-5-3-2-4-6-10/h2-6,9,11-12H,7-8,15H2,1H3. The molecule has 5 nitrogen and oxygen atoms in total. The van der Waals surface area contributed by atoms with Crippen molar-refractivity contribution < 1.29 is 9.15 Å². The minimum atomic E-state index is -0.375. The average molecular weight is 259 g/mol. The van der Waals surface area contributed by atoms with Crippen LogP contribution in [0, 0.1) is 0 Å². The van der Waals surface area contributed by atoms with Crippen molar-refractivity contribution in [1.82, 2.24) is 10.2 Å². The lowest BCUT2D eigenvalue weighted by atomic mass is 10.0. The fourth-order valence-electron chi connectivity index (χ4n) is 2.38. The largest absolute Gasteiger partial charge is 0.423 e. The minimum Gasteiger partial charge on any atom is -0.423 e. The van der Waals surface area contributed by atoms with Crippen molar-refractivity contribution in [3.05, 3.63) is 47.7 Å². The maximum atomic E-state index is 6.14. The van der Waals surface area contributed by atoms with Gasteiger partial charge < -0.3 is 14.9 Å². The summed E-state index contributed by atoms with van der Waals surface area (Å²) in [5.74, 6) is 1.27. The lowest BCUT2D eigenvalue weighted by molar-refractivity contribution is 0.114. The highest BCUT2D eigenvalue weighted by atomic mass is 16.5. The van der Waals surface area contributed by atoms with Gasteiger partial charge in [0.05, 0.1) is 12.0 Å². The number of nitrogens with zero attached hydrogens (tertiary/aromatic N) is 2. The summed E-state index contributed by atoms with van der Waals surface area (Å²) in [6, 6.07) is 9.37. The summed E-state index contributed by atoms with van der Waals surface area (Å²) in [6.45, 7) is 2.77. The molecule has 0 bridgehead atoms. The summed E-state index contributed by atoms with van der Waals surface area (Å²) in [5.41, 5.74) is 7.10. The molecule has 2 aromatic rings. The maximum absolute atomic E-state index is 6.14. The molecule has 19 heavy (non-hydrogen) atoms. The third-order valence-corrected chi connectivity index (χ3v) is 3.57. The highest BCUT2D eigenvalue weighted by molar-refractivity contribution is 5.22. The fourth-order valence-corrected chi connectivity index (χ4v) is 2.38. The molecule has 2 heterocycles. The second-order valence-corrected chi connectivity index (χ2v) is 4.84. The first-order valence-corrected chi connectivity index (χ1v) is 6.51. The van der Waals surface area contributed by atoms with Gasteiger partial charge in [-0.25, -0.2) is 0 Å². The molecule has 1 fully saturated rings. The molecule has 3 unspecified atom stereocenters. The monoisotopic (exact) mass is 259 g/mol. The molecule has 0 saturated carbocycles. The summed E-state index contributed by atoms with van der Waals surface area (Å²) < 4.78 is 11.2. The van der Waals surface area contributed by atoms with E-state index in [0.717, 1.165) is 18.6 Å². The van der Waals surface area contributed by atoms with Gasteiger partial charge >= 0.3 is 0 Å². The Balaban J connectivity index is 1.81. The number of hydrogen-bond acceptors (Lipinski definition) is 5. The third kappa shape index (κ3) is 2.39. The molecule has 100 valence electrons. The predicted octanol–water partition coefficient (Wildman–Crippen LogP) is 2.01. The van der Waals surface area contributed by atoms with Crippen molar-refractivity contribution in [2.24, 2.45) is 5.73 Å². The van der Waals surface area contributed by atoms with Gasteiger partial charge in [0.1, 0.15) is 6.04 Å². The number of aromatic nitrogens is 2. The number of nitrogens with two attached hydrogens (primary N) is 1. The molecular formula is C14H17N3O2. The normalized spacial score (nSPS) is 24.5. The van der Waals surface area contributed by atoms with Crippen molar-refractivity contribution in [3.63, 3.8) is 0 Å². The van der Waals surface area contributed by atoms with Gasteiger partial charge in [0, 0.05) is 6.61 Å². The van der Waals surface area contributed by atoms with Crippen LogP contribution >= 0.6 is 0 Å². The van der Waals surface area contributed by atoms with E-state index in [1.54, 1.807) is 0 Å². The highest BCUT2D eigenvalue weighted by Gasteiger charge is 2.31. The zero-order valence-corrected chi connectivity index (χ0v) is 10.8. The van der Waals surface area contributed by atoms with Gasteiger partial charge in [-0.05, 0) is 18.9 Å². The van der Waals surface area contributed by atoms with Gasteiger partial charge in [-0.3, -0.25) is 0 Å². The molecule has 1 aliphatic heterocycles. The van der Waals surface area contributed by atoms with Crippen LogP contribution in [0.15, 0.2) is 34.7 Å². The molecule has 0 amide bonds. The van der Waals surface area contributed by atoms with Crippen LogP contribution in [0.2, 0.25) is 0 Å². The van der Waals surface area contributed by atoms with Crippen LogP contribution in [-0.4, -0.2) is 22.9 Å². The van der Waals surface area contributed by atoms with Crippen LogP contribution in [0.1, 0.15) is 42.6 Å². The van der Waals surface area contributed by atoms with Gasteiger partial charge in [-0.1, -0.05) is 30.3 Å². The molecule has 3 rings (SSSR count). The molecule has 0 radical (unpaired) electrons. The smallest absolute Gasteiger partial charge is 0.237 e. The second kappa shape index (κ2) is 5.11. The van der Waals surface area contributed by atoms with E-state index in [0.29, 0.717) is 11.8 Å². The summed E-state index contributed by atoms with van der Waals surface area (Å²) in [4.78, 5) is 0. The van der Waals surface area contributed by atoms with E-state index in [9.17, 15) is 0 Å². The lowest BCUT2D eigenvalue weighted by Crippen LogP contribution is -2.12. The van der Waals surface area contributed by atoms with Crippen molar-refractivity contribution >= 4 is 0 Å². The zero-order valence-electron chi connectivity index (χ0n) is 10.8. The SMILES string of the molecule is CC1OCCC1c1nnc(C(N)c2ccccc2)o1. The van der Waals surface area contributed by atoms with Crippen molar-refractivity contribution in [1.29, 1.82) is 0 Å². The minimum absolute atomic E-state index is 0.126. The van der Waals surface area contributed by atoms with Crippen LogP contribution in [0.3, 0.4) is 0 Å². The average Bonchev–Trinajstić information content (AvgIpc) is 3.07. The van der Waals surface area contributed by atoms with Gasteiger partial charge in [-0.2, -0.15) is 0 Å². The van der Waals surface area contributed by atoms with E-state index < -0.39 is 0 Å². The Labute approximate surface area is 111 Å². The molecular weight excluding hydrogens is 242 g/mol. The number of ether oxygens (including phenoxy) is 1. The van der Waals surface area contributed by atoms with Crippen molar-refractivity contribution in [2.75, 3.05) is 6.61 Å². The van der Waals surface area contributed by atoms with Crippen LogP contribution in [-0.2, 0) is 4.74 Å². The molecule has 1 aliphatic rings. The van der Waals surface area contributed by atoms with E-state index >= 15 is 0 Å². The van der Waals surface area contributed by atoms with E-state index in [1.165, 1.54) is 0 Å². The van der Waals surface area contributed by atoms with E-state index in [-0.39, 0.29) is 18.1 Å². The first-order chi connectivity index (χ1) is 9.25. The van der Waals surface area contributed by atoms with Crippen LogP contribution in [0.25, 0.3) is 0 Å². The first-order valence-electron chi connectivity index (χ1n) is 6.51. The Morgan fingerprint density at radius 2 is 2.05 bits per heavy atom. The summed E-state index contributed by atoms with van der Waals surface area (Å²) in [7, 11) is 0. The van der Waals surface area contributed by atoms with Gasteiger partial charge in [0.25, 0.3) is 0 Å². The predicted molar refractivity (Wildman–Crippen MR) is 69.5 cm³/mol. The van der Waals surface area contributed by atoms with E-state index in [4.69, 9.17) is 14.9 Å².